The zero-order valence-corrected chi connectivity index (χ0v) is 10.4. The predicted molar refractivity (Wildman–Crippen MR) is 69.9 cm³/mol. The lowest BCUT2D eigenvalue weighted by Gasteiger charge is -2.06. The molecule has 0 spiro atoms. The maximum atomic E-state index is 4.41. The van der Waals surface area contributed by atoms with E-state index in [9.17, 15) is 0 Å². The zero-order valence-electron chi connectivity index (χ0n) is 8.78. The van der Waals surface area contributed by atoms with Crippen molar-refractivity contribution in [3.05, 3.63) is 34.9 Å². The molecule has 0 fully saturated rings. The first-order valence-electron chi connectivity index (χ1n) is 5.35. The summed E-state index contributed by atoms with van der Waals surface area (Å²) in [6, 6.07) is 8.40. The van der Waals surface area contributed by atoms with Crippen LogP contribution in [0, 0.1) is 0 Å². The number of halogens is 1. The summed E-state index contributed by atoms with van der Waals surface area (Å²) >= 11 is 3.56. The van der Waals surface area contributed by atoms with Gasteiger partial charge in [-0.15, -0.1) is 0 Å². The molecule has 82 valence electrons. The van der Waals surface area contributed by atoms with E-state index in [0.717, 1.165) is 29.9 Å². The highest BCUT2D eigenvalue weighted by atomic mass is 79.9. The standard InChI is InChI=1S/C12H12BrN3/c13-10-2-1-3-11-9(10)4-7-16(11)8-12-14-5-6-15-12/h1-4,7H,5-6,8H2,(H,14,15). The quantitative estimate of drug-likeness (QED) is 0.898. The molecule has 0 saturated heterocycles. The molecule has 0 unspecified atom stereocenters. The van der Waals surface area contributed by atoms with Gasteiger partial charge in [0.25, 0.3) is 0 Å². The van der Waals surface area contributed by atoms with Crippen molar-refractivity contribution in [1.82, 2.24) is 9.88 Å². The number of nitrogens with one attached hydrogen (secondary N) is 1. The van der Waals surface area contributed by atoms with Crippen molar-refractivity contribution >= 4 is 32.7 Å². The summed E-state index contributed by atoms with van der Waals surface area (Å²) in [5, 5.41) is 4.54. The molecule has 16 heavy (non-hydrogen) atoms. The fraction of sp³-hybridized carbons (Fsp3) is 0.250. The van der Waals surface area contributed by atoms with Crippen molar-refractivity contribution in [3.63, 3.8) is 0 Å². The molecular weight excluding hydrogens is 266 g/mol. The molecule has 3 rings (SSSR count). The Labute approximate surface area is 102 Å². The number of benzene rings is 1. The van der Waals surface area contributed by atoms with E-state index in [1.54, 1.807) is 0 Å². The van der Waals surface area contributed by atoms with Gasteiger partial charge in [0.15, 0.2) is 0 Å². The lowest BCUT2D eigenvalue weighted by Crippen LogP contribution is -2.23. The Morgan fingerprint density at radius 2 is 2.31 bits per heavy atom. The van der Waals surface area contributed by atoms with Gasteiger partial charge >= 0.3 is 0 Å². The van der Waals surface area contributed by atoms with Gasteiger partial charge < -0.3 is 9.88 Å². The molecule has 0 atom stereocenters. The Kier molecular flexibility index (Phi) is 2.44. The number of aromatic nitrogens is 1. The van der Waals surface area contributed by atoms with Gasteiger partial charge in [0.1, 0.15) is 5.84 Å². The van der Waals surface area contributed by atoms with E-state index in [0.29, 0.717) is 0 Å². The molecule has 2 heterocycles. The summed E-state index contributed by atoms with van der Waals surface area (Å²) in [6.07, 6.45) is 2.11. The van der Waals surface area contributed by atoms with E-state index < -0.39 is 0 Å². The van der Waals surface area contributed by atoms with Crippen molar-refractivity contribution < 1.29 is 0 Å². The van der Waals surface area contributed by atoms with E-state index in [4.69, 9.17) is 0 Å². The Morgan fingerprint density at radius 1 is 1.38 bits per heavy atom. The summed E-state index contributed by atoms with van der Waals surface area (Å²) in [4.78, 5) is 4.41. The van der Waals surface area contributed by atoms with Crippen molar-refractivity contribution in [2.24, 2.45) is 4.99 Å². The number of fused-ring (bicyclic) bond motifs is 1. The highest BCUT2D eigenvalue weighted by molar-refractivity contribution is 9.10. The first kappa shape index (κ1) is 9.90. The normalized spacial score (nSPS) is 15.2. The third kappa shape index (κ3) is 1.63. The first-order valence-corrected chi connectivity index (χ1v) is 6.14. The molecule has 0 bridgehead atoms. The highest BCUT2D eigenvalue weighted by Crippen LogP contribution is 2.24. The summed E-state index contributed by atoms with van der Waals surface area (Å²) in [6.45, 7) is 2.70. The van der Waals surface area contributed by atoms with Gasteiger partial charge in [-0.05, 0) is 18.2 Å². The largest absolute Gasteiger partial charge is 0.370 e. The highest BCUT2D eigenvalue weighted by Gasteiger charge is 2.08. The average Bonchev–Trinajstić information content (AvgIpc) is 2.90. The van der Waals surface area contributed by atoms with Crippen molar-refractivity contribution in [1.29, 1.82) is 0 Å². The van der Waals surface area contributed by atoms with Gasteiger partial charge in [-0.1, -0.05) is 22.0 Å². The zero-order chi connectivity index (χ0) is 11.0. The minimum Gasteiger partial charge on any atom is -0.370 e. The third-order valence-electron chi connectivity index (χ3n) is 2.82. The van der Waals surface area contributed by atoms with Gasteiger partial charge in [0.2, 0.25) is 0 Å². The number of amidine groups is 1. The van der Waals surface area contributed by atoms with Gasteiger partial charge in [-0.3, -0.25) is 4.99 Å². The molecule has 1 aliphatic heterocycles. The molecule has 1 aromatic heterocycles. The topological polar surface area (TPSA) is 29.3 Å². The van der Waals surface area contributed by atoms with E-state index >= 15 is 0 Å². The SMILES string of the molecule is Brc1cccc2c1ccn2CC1=NCCN1. The Morgan fingerprint density at radius 3 is 3.12 bits per heavy atom. The second-order valence-electron chi connectivity index (χ2n) is 3.87. The minimum atomic E-state index is 0.833. The molecule has 1 aliphatic rings. The van der Waals surface area contributed by atoms with Gasteiger partial charge in [0.05, 0.1) is 13.1 Å². The van der Waals surface area contributed by atoms with E-state index in [-0.39, 0.29) is 0 Å². The molecule has 1 N–H and O–H groups in total. The van der Waals surface area contributed by atoms with Crippen LogP contribution >= 0.6 is 15.9 Å². The maximum absolute atomic E-state index is 4.41. The van der Waals surface area contributed by atoms with Crippen molar-refractivity contribution in [2.75, 3.05) is 13.1 Å². The van der Waals surface area contributed by atoms with Crippen molar-refractivity contribution in [2.45, 2.75) is 6.54 Å². The van der Waals surface area contributed by atoms with Crippen LogP contribution < -0.4 is 5.32 Å². The second-order valence-corrected chi connectivity index (χ2v) is 4.73. The summed E-state index contributed by atoms with van der Waals surface area (Å²) in [5.74, 6) is 1.08. The molecule has 0 amide bonds. The van der Waals surface area contributed by atoms with Crippen LogP contribution in [0.15, 0.2) is 39.9 Å². The second kappa shape index (κ2) is 3.94. The van der Waals surface area contributed by atoms with Crippen LogP contribution in [0.3, 0.4) is 0 Å². The van der Waals surface area contributed by atoms with Crippen LogP contribution in [0.2, 0.25) is 0 Å². The van der Waals surface area contributed by atoms with Crippen LogP contribution in [-0.4, -0.2) is 23.5 Å². The summed E-state index contributed by atoms with van der Waals surface area (Å²) in [7, 11) is 0. The summed E-state index contributed by atoms with van der Waals surface area (Å²) in [5.41, 5.74) is 1.24. The Hall–Kier alpha value is -1.29. The molecular formula is C12H12BrN3. The number of rotatable bonds is 2. The molecule has 2 aromatic rings. The first-order chi connectivity index (χ1) is 7.84. The van der Waals surface area contributed by atoms with Crippen LogP contribution in [0.5, 0.6) is 0 Å². The van der Waals surface area contributed by atoms with Gasteiger partial charge in [-0.25, -0.2) is 0 Å². The predicted octanol–water partition coefficient (Wildman–Crippen LogP) is 2.41. The number of aliphatic imine (C=N–C) groups is 1. The third-order valence-corrected chi connectivity index (χ3v) is 3.52. The molecule has 1 aromatic carbocycles. The fourth-order valence-electron chi connectivity index (χ4n) is 2.04. The maximum Gasteiger partial charge on any atom is 0.117 e. The van der Waals surface area contributed by atoms with Crippen molar-refractivity contribution in [3.8, 4) is 0 Å². The van der Waals surface area contributed by atoms with E-state index in [1.807, 2.05) is 0 Å². The molecule has 0 saturated carbocycles. The minimum absolute atomic E-state index is 0.833. The molecule has 4 heteroatoms. The Balaban J connectivity index is 2.01. The average molecular weight is 278 g/mol. The lowest BCUT2D eigenvalue weighted by molar-refractivity contribution is 0.863. The molecule has 0 aliphatic carbocycles. The van der Waals surface area contributed by atoms with Crippen LogP contribution in [-0.2, 0) is 6.54 Å². The molecule has 0 radical (unpaired) electrons. The Bertz CT molecular complexity index is 556. The van der Waals surface area contributed by atoms with E-state index in [2.05, 4.69) is 61.3 Å². The monoisotopic (exact) mass is 277 g/mol. The summed E-state index contributed by atoms with van der Waals surface area (Å²) < 4.78 is 3.36. The number of hydrogen-bond donors (Lipinski definition) is 1. The number of hydrogen-bond acceptors (Lipinski definition) is 2. The van der Waals surface area contributed by atoms with Gasteiger partial charge in [0, 0.05) is 28.1 Å². The number of nitrogens with zero attached hydrogens (tertiary/aromatic N) is 2. The lowest BCUT2D eigenvalue weighted by atomic mass is 10.2. The molecule has 3 nitrogen and oxygen atoms in total. The van der Waals surface area contributed by atoms with E-state index in [1.165, 1.54) is 10.9 Å². The van der Waals surface area contributed by atoms with Gasteiger partial charge in [-0.2, -0.15) is 0 Å². The van der Waals surface area contributed by atoms with Crippen LogP contribution in [0.25, 0.3) is 10.9 Å². The smallest absolute Gasteiger partial charge is 0.117 e. The van der Waals surface area contributed by atoms with Crippen LogP contribution in [0.4, 0.5) is 0 Å². The fourth-order valence-corrected chi connectivity index (χ4v) is 2.53. The van der Waals surface area contributed by atoms with Crippen LogP contribution in [0.1, 0.15) is 0 Å².